The summed E-state index contributed by atoms with van der Waals surface area (Å²) in [5.41, 5.74) is -0.890. The molecule has 1 aromatic rings. The Morgan fingerprint density at radius 1 is 1.26 bits per heavy atom. The van der Waals surface area contributed by atoms with Crippen LogP contribution in [0.2, 0.25) is 0 Å². The highest BCUT2D eigenvalue weighted by atomic mass is 19.4. The Morgan fingerprint density at radius 3 is 2.42 bits per heavy atom. The zero-order valence-corrected chi connectivity index (χ0v) is 10.5. The number of carbonyl (C=O) groups excluding carboxylic acids is 1. The first-order valence-electron chi connectivity index (χ1n) is 5.98. The SMILES string of the molecule is COC(=O)c1ccc(N2CCCC2)cc1C(F)(F)F. The molecule has 0 amide bonds. The second kappa shape index (κ2) is 5.11. The smallest absolute Gasteiger partial charge is 0.417 e. The summed E-state index contributed by atoms with van der Waals surface area (Å²) in [6.07, 6.45) is -2.63. The van der Waals surface area contributed by atoms with E-state index in [1.807, 2.05) is 4.90 Å². The molecule has 0 N–H and O–H groups in total. The molecule has 1 aliphatic rings. The van der Waals surface area contributed by atoms with E-state index < -0.39 is 23.3 Å². The third-order valence-electron chi connectivity index (χ3n) is 3.19. The number of halogens is 3. The maximum Gasteiger partial charge on any atom is 0.417 e. The van der Waals surface area contributed by atoms with Crippen molar-refractivity contribution in [3.05, 3.63) is 29.3 Å². The van der Waals surface area contributed by atoms with Gasteiger partial charge in [0, 0.05) is 18.8 Å². The largest absolute Gasteiger partial charge is 0.465 e. The number of carbonyl (C=O) groups is 1. The van der Waals surface area contributed by atoms with E-state index >= 15 is 0 Å². The van der Waals surface area contributed by atoms with Crippen LogP contribution < -0.4 is 4.90 Å². The minimum atomic E-state index is -4.57. The molecule has 0 atom stereocenters. The molecule has 0 spiro atoms. The molecule has 1 heterocycles. The summed E-state index contributed by atoms with van der Waals surface area (Å²) in [7, 11) is 1.07. The summed E-state index contributed by atoms with van der Waals surface area (Å²) in [4.78, 5) is 13.3. The van der Waals surface area contributed by atoms with E-state index in [1.165, 1.54) is 12.1 Å². The summed E-state index contributed by atoms with van der Waals surface area (Å²) in [5.74, 6) is -0.972. The van der Waals surface area contributed by atoms with Crippen molar-refractivity contribution in [2.24, 2.45) is 0 Å². The quantitative estimate of drug-likeness (QED) is 0.775. The molecule has 104 valence electrons. The van der Waals surface area contributed by atoms with Gasteiger partial charge in [0.05, 0.1) is 18.2 Å². The number of alkyl halides is 3. The normalized spacial score (nSPS) is 15.7. The molecule has 0 radical (unpaired) electrons. The molecule has 0 aromatic heterocycles. The number of benzene rings is 1. The first-order valence-corrected chi connectivity index (χ1v) is 5.98. The van der Waals surface area contributed by atoms with Gasteiger partial charge >= 0.3 is 12.1 Å². The predicted molar refractivity (Wildman–Crippen MR) is 64.2 cm³/mol. The van der Waals surface area contributed by atoms with Crippen molar-refractivity contribution in [1.29, 1.82) is 0 Å². The maximum absolute atomic E-state index is 13.0. The average molecular weight is 273 g/mol. The lowest BCUT2D eigenvalue weighted by molar-refractivity contribution is -0.138. The van der Waals surface area contributed by atoms with Crippen LogP contribution in [0.4, 0.5) is 18.9 Å². The molecular formula is C13H14F3NO2. The highest BCUT2D eigenvalue weighted by molar-refractivity contribution is 5.91. The van der Waals surface area contributed by atoms with Crippen molar-refractivity contribution >= 4 is 11.7 Å². The number of hydrogen-bond acceptors (Lipinski definition) is 3. The van der Waals surface area contributed by atoms with Crippen LogP contribution in [0.25, 0.3) is 0 Å². The Kier molecular flexibility index (Phi) is 3.68. The average Bonchev–Trinajstić information content (AvgIpc) is 2.90. The molecule has 0 unspecified atom stereocenters. The summed E-state index contributed by atoms with van der Waals surface area (Å²) < 4.78 is 43.3. The fraction of sp³-hybridized carbons (Fsp3) is 0.462. The van der Waals surface area contributed by atoms with Crippen molar-refractivity contribution < 1.29 is 22.7 Å². The molecule has 6 heteroatoms. The molecule has 0 bridgehead atoms. The van der Waals surface area contributed by atoms with Gasteiger partial charge in [-0.1, -0.05) is 0 Å². The molecule has 19 heavy (non-hydrogen) atoms. The van der Waals surface area contributed by atoms with Crippen LogP contribution in [0.3, 0.4) is 0 Å². The van der Waals surface area contributed by atoms with Gasteiger partial charge in [-0.2, -0.15) is 13.2 Å². The molecule has 0 saturated carbocycles. The zero-order valence-electron chi connectivity index (χ0n) is 10.5. The number of esters is 1. The second-order valence-electron chi connectivity index (χ2n) is 4.41. The maximum atomic E-state index is 13.0. The Balaban J connectivity index is 2.44. The molecule has 2 rings (SSSR count). The predicted octanol–water partition coefficient (Wildman–Crippen LogP) is 3.09. The van der Waals surface area contributed by atoms with Crippen LogP contribution in [0.5, 0.6) is 0 Å². The summed E-state index contributed by atoms with van der Waals surface area (Å²) in [5, 5.41) is 0. The number of nitrogens with zero attached hydrogens (tertiary/aromatic N) is 1. The third kappa shape index (κ3) is 2.83. The van der Waals surface area contributed by atoms with Gasteiger partial charge in [0.25, 0.3) is 0 Å². The molecule has 1 aromatic carbocycles. The van der Waals surface area contributed by atoms with E-state index in [-0.39, 0.29) is 0 Å². The first-order chi connectivity index (χ1) is 8.93. The van der Waals surface area contributed by atoms with E-state index in [9.17, 15) is 18.0 Å². The standard InChI is InChI=1S/C13H14F3NO2/c1-19-12(18)10-5-4-9(17-6-2-3-7-17)8-11(10)13(14,15)16/h4-5,8H,2-3,6-7H2,1H3. The van der Waals surface area contributed by atoms with Gasteiger partial charge in [-0.3, -0.25) is 0 Å². The lowest BCUT2D eigenvalue weighted by Gasteiger charge is -2.20. The Labute approximate surface area is 109 Å². The third-order valence-corrected chi connectivity index (χ3v) is 3.19. The first kappa shape index (κ1) is 13.7. The lowest BCUT2D eigenvalue weighted by atomic mass is 10.1. The van der Waals surface area contributed by atoms with E-state index in [0.717, 1.165) is 39.1 Å². The monoisotopic (exact) mass is 273 g/mol. The topological polar surface area (TPSA) is 29.5 Å². The van der Waals surface area contributed by atoms with E-state index in [2.05, 4.69) is 4.74 Å². The number of hydrogen-bond donors (Lipinski definition) is 0. The van der Waals surface area contributed by atoms with E-state index in [1.54, 1.807) is 0 Å². The summed E-state index contributed by atoms with van der Waals surface area (Å²) in [6, 6.07) is 3.74. The van der Waals surface area contributed by atoms with E-state index in [4.69, 9.17) is 0 Å². The van der Waals surface area contributed by atoms with Crippen molar-refractivity contribution in [3.63, 3.8) is 0 Å². The molecule has 1 saturated heterocycles. The highest BCUT2D eigenvalue weighted by Gasteiger charge is 2.36. The Morgan fingerprint density at radius 2 is 1.89 bits per heavy atom. The van der Waals surface area contributed by atoms with Gasteiger partial charge in [-0.05, 0) is 31.0 Å². The highest BCUT2D eigenvalue weighted by Crippen LogP contribution is 2.35. The van der Waals surface area contributed by atoms with Gasteiger partial charge in [-0.25, -0.2) is 4.79 Å². The Bertz CT molecular complexity index is 479. The number of rotatable bonds is 2. The van der Waals surface area contributed by atoms with Gasteiger partial charge in [0.2, 0.25) is 0 Å². The molecule has 0 aliphatic carbocycles. The van der Waals surface area contributed by atoms with Crippen molar-refractivity contribution in [3.8, 4) is 0 Å². The second-order valence-corrected chi connectivity index (χ2v) is 4.41. The molecular weight excluding hydrogens is 259 g/mol. The fourth-order valence-corrected chi connectivity index (χ4v) is 2.23. The van der Waals surface area contributed by atoms with Gasteiger partial charge in [0.15, 0.2) is 0 Å². The van der Waals surface area contributed by atoms with Gasteiger partial charge in [-0.15, -0.1) is 0 Å². The zero-order chi connectivity index (χ0) is 14.0. The summed E-state index contributed by atoms with van der Waals surface area (Å²) >= 11 is 0. The minimum absolute atomic E-state index is 0.446. The number of ether oxygens (including phenoxy) is 1. The Hall–Kier alpha value is -1.72. The van der Waals surface area contributed by atoms with Crippen LogP contribution in [-0.2, 0) is 10.9 Å². The van der Waals surface area contributed by atoms with Crippen LogP contribution in [0.1, 0.15) is 28.8 Å². The fourth-order valence-electron chi connectivity index (χ4n) is 2.23. The molecule has 3 nitrogen and oxygen atoms in total. The van der Waals surface area contributed by atoms with Crippen LogP contribution in [0, 0.1) is 0 Å². The van der Waals surface area contributed by atoms with Gasteiger partial charge < -0.3 is 9.64 Å². The van der Waals surface area contributed by atoms with Crippen molar-refractivity contribution in [2.45, 2.75) is 19.0 Å². The van der Waals surface area contributed by atoms with Crippen LogP contribution in [0.15, 0.2) is 18.2 Å². The molecule has 1 aliphatic heterocycles. The van der Waals surface area contributed by atoms with Crippen LogP contribution in [-0.4, -0.2) is 26.2 Å². The minimum Gasteiger partial charge on any atom is -0.465 e. The van der Waals surface area contributed by atoms with Crippen LogP contribution >= 0.6 is 0 Å². The number of anilines is 1. The van der Waals surface area contributed by atoms with Gasteiger partial charge in [0.1, 0.15) is 0 Å². The van der Waals surface area contributed by atoms with Crippen molar-refractivity contribution in [2.75, 3.05) is 25.1 Å². The van der Waals surface area contributed by atoms with E-state index in [0.29, 0.717) is 5.69 Å². The molecule has 1 fully saturated rings. The van der Waals surface area contributed by atoms with Crippen molar-refractivity contribution in [1.82, 2.24) is 0 Å². The lowest BCUT2D eigenvalue weighted by Crippen LogP contribution is -2.20. The number of methoxy groups -OCH3 is 1. The summed E-state index contributed by atoms with van der Waals surface area (Å²) in [6.45, 7) is 1.49.